The molecule has 3 heterocycles. The van der Waals surface area contributed by atoms with Crippen LogP contribution in [0.1, 0.15) is 60.6 Å². The second-order valence-corrected chi connectivity index (χ2v) is 8.70. The van der Waals surface area contributed by atoms with E-state index < -0.39 is 5.41 Å². The van der Waals surface area contributed by atoms with Crippen molar-refractivity contribution in [1.82, 2.24) is 14.8 Å². The van der Waals surface area contributed by atoms with E-state index in [0.29, 0.717) is 31.2 Å². The molecule has 2 fully saturated rings. The number of rotatable bonds is 4. The molecule has 5 nitrogen and oxygen atoms in total. The monoisotopic (exact) mass is 391 g/mol. The van der Waals surface area contributed by atoms with Gasteiger partial charge in [-0.05, 0) is 48.4 Å². The van der Waals surface area contributed by atoms with Gasteiger partial charge in [0.15, 0.2) is 0 Å². The van der Waals surface area contributed by atoms with Crippen LogP contribution in [0, 0.1) is 5.41 Å². The van der Waals surface area contributed by atoms with Crippen molar-refractivity contribution in [2.24, 2.45) is 5.41 Å². The molecule has 0 N–H and O–H groups in total. The summed E-state index contributed by atoms with van der Waals surface area (Å²) in [4.78, 5) is 34.2. The molecule has 0 unspecified atom stereocenters. The molecule has 2 saturated heterocycles. The summed E-state index contributed by atoms with van der Waals surface area (Å²) in [6.07, 6.45) is 4.23. The molecule has 2 amide bonds. The maximum atomic E-state index is 13.4. The van der Waals surface area contributed by atoms with Gasteiger partial charge >= 0.3 is 0 Å². The molecule has 0 radical (unpaired) electrons. The van der Waals surface area contributed by atoms with E-state index in [2.05, 4.69) is 43.1 Å². The van der Waals surface area contributed by atoms with E-state index in [1.54, 1.807) is 23.2 Å². The Morgan fingerprint density at radius 2 is 1.90 bits per heavy atom. The van der Waals surface area contributed by atoms with Crippen molar-refractivity contribution in [1.29, 1.82) is 0 Å². The van der Waals surface area contributed by atoms with Gasteiger partial charge in [0.1, 0.15) is 5.69 Å². The van der Waals surface area contributed by atoms with Crippen LogP contribution in [0.3, 0.4) is 0 Å². The fourth-order valence-electron chi connectivity index (χ4n) is 4.61. The first-order chi connectivity index (χ1) is 14.0. The lowest BCUT2D eigenvalue weighted by Crippen LogP contribution is -2.50. The van der Waals surface area contributed by atoms with Gasteiger partial charge in [0.25, 0.3) is 5.91 Å². The lowest BCUT2D eigenvalue weighted by atomic mass is 9.78. The number of carbonyl (C=O) groups is 2. The number of hydrogen-bond acceptors (Lipinski definition) is 3. The summed E-state index contributed by atoms with van der Waals surface area (Å²) in [6, 6.07) is 14.0. The van der Waals surface area contributed by atoms with Gasteiger partial charge in [-0.25, -0.2) is 0 Å². The topological polar surface area (TPSA) is 53.5 Å². The molecule has 1 spiro atoms. The Kier molecular flexibility index (Phi) is 5.39. The van der Waals surface area contributed by atoms with E-state index in [4.69, 9.17) is 0 Å². The van der Waals surface area contributed by atoms with Crippen molar-refractivity contribution < 1.29 is 9.59 Å². The van der Waals surface area contributed by atoms with Crippen molar-refractivity contribution >= 4 is 11.8 Å². The van der Waals surface area contributed by atoms with Gasteiger partial charge < -0.3 is 9.80 Å². The first kappa shape index (κ1) is 19.6. The van der Waals surface area contributed by atoms with Gasteiger partial charge in [-0.2, -0.15) is 0 Å². The molecule has 152 valence electrons. The first-order valence-corrected chi connectivity index (χ1v) is 10.6. The van der Waals surface area contributed by atoms with E-state index in [1.807, 2.05) is 11.0 Å². The van der Waals surface area contributed by atoms with Crippen LogP contribution in [0.15, 0.2) is 48.7 Å². The normalized spacial score (nSPS) is 22.0. The second-order valence-electron chi connectivity index (χ2n) is 8.70. The number of piperidine rings is 1. The number of amides is 2. The highest BCUT2D eigenvalue weighted by atomic mass is 16.2. The van der Waals surface area contributed by atoms with E-state index >= 15 is 0 Å². The molecule has 4 rings (SSSR count). The minimum absolute atomic E-state index is 0.0725. The summed E-state index contributed by atoms with van der Waals surface area (Å²) in [7, 11) is 0. The molecule has 2 aromatic rings. The number of likely N-dealkylation sites (tertiary alicyclic amines) is 2. The van der Waals surface area contributed by atoms with Gasteiger partial charge in [-0.1, -0.05) is 44.2 Å². The van der Waals surface area contributed by atoms with Crippen LogP contribution in [0.25, 0.3) is 0 Å². The van der Waals surface area contributed by atoms with Crippen molar-refractivity contribution in [3.63, 3.8) is 0 Å². The van der Waals surface area contributed by atoms with Crippen molar-refractivity contribution in [2.75, 3.05) is 19.6 Å². The first-order valence-electron chi connectivity index (χ1n) is 10.6. The fraction of sp³-hybridized carbons (Fsp3) is 0.458. The molecule has 2 aliphatic heterocycles. The fourth-order valence-corrected chi connectivity index (χ4v) is 4.61. The average Bonchev–Trinajstić information content (AvgIpc) is 3.17. The van der Waals surface area contributed by atoms with E-state index in [9.17, 15) is 9.59 Å². The summed E-state index contributed by atoms with van der Waals surface area (Å²) in [5, 5.41) is 0. The number of carbonyl (C=O) groups excluding carboxylic acids is 2. The van der Waals surface area contributed by atoms with Gasteiger partial charge in [0.05, 0.1) is 5.41 Å². The largest absolute Gasteiger partial charge is 0.338 e. The summed E-state index contributed by atoms with van der Waals surface area (Å²) in [5.74, 6) is 0.634. The van der Waals surface area contributed by atoms with Crippen molar-refractivity contribution in [2.45, 2.75) is 45.6 Å². The van der Waals surface area contributed by atoms with E-state index in [0.717, 1.165) is 25.8 Å². The molecular formula is C24H29N3O2. The maximum Gasteiger partial charge on any atom is 0.272 e. The lowest BCUT2D eigenvalue weighted by molar-refractivity contribution is -0.146. The number of pyridine rings is 1. The number of benzene rings is 1. The molecule has 0 saturated carbocycles. The average molecular weight is 392 g/mol. The summed E-state index contributed by atoms with van der Waals surface area (Å²) in [5.41, 5.74) is 2.50. The standard InChI is InChI=1S/C24H29N3O2/c1-18(2)20-9-7-19(8-10-20)16-26-14-5-11-24(23(26)29)12-15-27(17-24)22(28)21-6-3-4-13-25-21/h3-4,6-10,13,18H,5,11-12,14-17H2,1-2H3/t24-/m0/s1. The summed E-state index contributed by atoms with van der Waals surface area (Å²) >= 11 is 0. The number of nitrogens with zero attached hydrogens (tertiary/aromatic N) is 3. The third kappa shape index (κ3) is 3.91. The lowest BCUT2D eigenvalue weighted by Gasteiger charge is -2.39. The Morgan fingerprint density at radius 3 is 2.59 bits per heavy atom. The van der Waals surface area contributed by atoms with Crippen LogP contribution in [0.4, 0.5) is 0 Å². The molecule has 2 aliphatic rings. The Bertz CT molecular complexity index is 879. The minimum atomic E-state index is -0.430. The van der Waals surface area contributed by atoms with Crippen LogP contribution in [-0.2, 0) is 11.3 Å². The Balaban J connectivity index is 1.45. The van der Waals surface area contributed by atoms with Crippen LogP contribution in [-0.4, -0.2) is 46.2 Å². The van der Waals surface area contributed by atoms with Crippen LogP contribution >= 0.6 is 0 Å². The highest BCUT2D eigenvalue weighted by molar-refractivity contribution is 5.93. The van der Waals surface area contributed by atoms with Crippen molar-refractivity contribution in [3.8, 4) is 0 Å². The molecule has 1 atom stereocenters. The van der Waals surface area contributed by atoms with E-state index in [-0.39, 0.29) is 11.8 Å². The Hall–Kier alpha value is -2.69. The molecule has 1 aromatic carbocycles. The molecular weight excluding hydrogens is 362 g/mol. The summed E-state index contributed by atoms with van der Waals surface area (Å²) in [6.45, 7) is 6.94. The van der Waals surface area contributed by atoms with Crippen molar-refractivity contribution in [3.05, 3.63) is 65.5 Å². The minimum Gasteiger partial charge on any atom is -0.338 e. The highest BCUT2D eigenvalue weighted by Crippen LogP contribution is 2.40. The van der Waals surface area contributed by atoms with Gasteiger partial charge in [-0.15, -0.1) is 0 Å². The molecule has 29 heavy (non-hydrogen) atoms. The zero-order valence-corrected chi connectivity index (χ0v) is 17.3. The van der Waals surface area contributed by atoms with Crippen LogP contribution in [0.5, 0.6) is 0 Å². The SMILES string of the molecule is CC(C)c1ccc(CN2CCC[C@@]3(CCN(C(=O)c4ccccn4)C3)C2=O)cc1. The van der Waals surface area contributed by atoms with Gasteiger partial charge in [0, 0.05) is 32.4 Å². The zero-order chi connectivity index (χ0) is 20.4. The second kappa shape index (κ2) is 7.97. The summed E-state index contributed by atoms with van der Waals surface area (Å²) < 4.78 is 0. The predicted molar refractivity (Wildman–Crippen MR) is 112 cm³/mol. The number of aromatic nitrogens is 1. The van der Waals surface area contributed by atoms with E-state index in [1.165, 1.54) is 11.1 Å². The predicted octanol–water partition coefficient (Wildman–Crippen LogP) is 3.86. The third-order valence-corrected chi connectivity index (χ3v) is 6.37. The molecule has 0 bridgehead atoms. The highest BCUT2D eigenvalue weighted by Gasteiger charge is 2.49. The molecule has 5 heteroatoms. The number of hydrogen-bond donors (Lipinski definition) is 0. The molecule has 0 aliphatic carbocycles. The Labute approximate surface area is 172 Å². The maximum absolute atomic E-state index is 13.4. The quantitative estimate of drug-likeness (QED) is 0.795. The molecule has 1 aromatic heterocycles. The van der Waals surface area contributed by atoms with Gasteiger partial charge in [-0.3, -0.25) is 14.6 Å². The van der Waals surface area contributed by atoms with Crippen LogP contribution in [0.2, 0.25) is 0 Å². The zero-order valence-electron chi connectivity index (χ0n) is 17.3. The smallest absolute Gasteiger partial charge is 0.272 e. The third-order valence-electron chi connectivity index (χ3n) is 6.37. The Morgan fingerprint density at radius 1 is 1.10 bits per heavy atom. The van der Waals surface area contributed by atoms with Crippen LogP contribution < -0.4 is 0 Å². The van der Waals surface area contributed by atoms with Gasteiger partial charge in [0.2, 0.25) is 5.91 Å².